The highest BCUT2D eigenvalue weighted by molar-refractivity contribution is 6.21. The first-order valence-electron chi connectivity index (χ1n) is 4.92. The third-order valence-electron chi connectivity index (χ3n) is 2.96. The first-order valence-corrected chi connectivity index (χ1v) is 4.92. The van der Waals surface area contributed by atoms with Gasteiger partial charge < -0.3 is 5.73 Å². The van der Waals surface area contributed by atoms with E-state index in [4.69, 9.17) is 5.73 Å². The van der Waals surface area contributed by atoms with E-state index in [0.29, 0.717) is 11.1 Å². The predicted molar refractivity (Wildman–Crippen MR) is 53.3 cm³/mol. The van der Waals surface area contributed by atoms with Crippen molar-refractivity contribution >= 4 is 11.8 Å². The van der Waals surface area contributed by atoms with Gasteiger partial charge in [-0.15, -0.1) is 0 Å². The van der Waals surface area contributed by atoms with Crippen LogP contribution in [0.3, 0.4) is 0 Å². The quantitative estimate of drug-likeness (QED) is 0.670. The molecule has 2 amide bonds. The third-order valence-corrected chi connectivity index (χ3v) is 2.96. The molecule has 2 aliphatic rings. The van der Waals surface area contributed by atoms with Crippen LogP contribution in [0, 0.1) is 0 Å². The summed E-state index contributed by atoms with van der Waals surface area (Å²) in [5.74, 6) is -0.401. The first kappa shape index (κ1) is 8.61. The number of nitrogens with two attached hydrogens (primary N) is 1. The molecule has 1 saturated carbocycles. The zero-order valence-electron chi connectivity index (χ0n) is 8.01. The number of rotatable bonds is 1. The maximum absolute atomic E-state index is 11.9. The molecule has 15 heavy (non-hydrogen) atoms. The van der Waals surface area contributed by atoms with Gasteiger partial charge >= 0.3 is 0 Å². The van der Waals surface area contributed by atoms with Crippen molar-refractivity contribution in [3.8, 4) is 0 Å². The Kier molecular flexibility index (Phi) is 1.53. The summed E-state index contributed by atoms with van der Waals surface area (Å²) >= 11 is 0. The molecule has 3 rings (SSSR count). The summed E-state index contributed by atoms with van der Waals surface area (Å²) in [6.45, 7) is 0. The van der Waals surface area contributed by atoms with E-state index in [-0.39, 0.29) is 23.9 Å². The summed E-state index contributed by atoms with van der Waals surface area (Å²) in [4.78, 5) is 25.1. The lowest BCUT2D eigenvalue weighted by molar-refractivity contribution is 0.0639. The van der Waals surface area contributed by atoms with Crippen LogP contribution in [-0.2, 0) is 0 Å². The minimum Gasteiger partial charge on any atom is -0.326 e. The fourth-order valence-electron chi connectivity index (χ4n) is 2.01. The van der Waals surface area contributed by atoms with Crippen molar-refractivity contribution in [1.29, 1.82) is 0 Å². The number of carbonyl (C=O) groups is 2. The summed E-state index contributed by atoms with van der Waals surface area (Å²) in [5, 5.41) is 0. The topological polar surface area (TPSA) is 63.4 Å². The van der Waals surface area contributed by atoms with Gasteiger partial charge in [0.05, 0.1) is 17.2 Å². The Morgan fingerprint density at radius 2 is 1.60 bits per heavy atom. The van der Waals surface area contributed by atoms with Crippen LogP contribution in [0.2, 0.25) is 0 Å². The minimum absolute atomic E-state index is 0.0350. The Labute approximate surface area is 86.7 Å². The van der Waals surface area contributed by atoms with Gasteiger partial charge in [0.15, 0.2) is 0 Å². The zero-order valence-corrected chi connectivity index (χ0v) is 8.01. The van der Waals surface area contributed by atoms with Gasteiger partial charge in [-0.2, -0.15) is 0 Å². The molecule has 1 fully saturated rings. The lowest BCUT2D eigenvalue weighted by atomic mass is 10.1. The Bertz CT molecular complexity index is 434. The van der Waals surface area contributed by atoms with E-state index in [0.717, 1.165) is 6.42 Å². The van der Waals surface area contributed by atoms with Crippen LogP contribution in [-0.4, -0.2) is 28.8 Å². The molecule has 1 aromatic carbocycles. The molecular formula is C11H10N2O2. The Hall–Kier alpha value is -1.68. The molecule has 1 heterocycles. The zero-order chi connectivity index (χ0) is 10.6. The summed E-state index contributed by atoms with van der Waals surface area (Å²) in [7, 11) is 0. The molecule has 1 aliphatic heterocycles. The van der Waals surface area contributed by atoms with Crippen molar-refractivity contribution in [1.82, 2.24) is 4.90 Å². The number of fused-ring (bicyclic) bond motifs is 1. The highest BCUT2D eigenvalue weighted by atomic mass is 16.2. The van der Waals surface area contributed by atoms with Gasteiger partial charge in [-0.25, -0.2) is 0 Å². The van der Waals surface area contributed by atoms with E-state index in [9.17, 15) is 9.59 Å². The number of carbonyl (C=O) groups excluding carboxylic acids is 2. The van der Waals surface area contributed by atoms with E-state index >= 15 is 0 Å². The summed E-state index contributed by atoms with van der Waals surface area (Å²) < 4.78 is 0. The van der Waals surface area contributed by atoms with E-state index < -0.39 is 0 Å². The molecular weight excluding hydrogens is 192 g/mol. The van der Waals surface area contributed by atoms with Crippen LogP contribution in [0.4, 0.5) is 0 Å². The number of hydrogen-bond acceptors (Lipinski definition) is 3. The lowest BCUT2D eigenvalue weighted by Gasteiger charge is -2.12. The van der Waals surface area contributed by atoms with Crippen molar-refractivity contribution in [2.75, 3.05) is 0 Å². The van der Waals surface area contributed by atoms with Gasteiger partial charge in [0.1, 0.15) is 0 Å². The Morgan fingerprint density at radius 1 is 1.13 bits per heavy atom. The molecule has 2 unspecified atom stereocenters. The normalized spacial score (nSPS) is 28.2. The van der Waals surface area contributed by atoms with Gasteiger partial charge in [0, 0.05) is 6.04 Å². The van der Waals surface area contributed by atoms with Gasteiger partial charge in [-0.05, 0) is 18.6 Å². The van der Waals surface area contributed by atoms with Gasteiger partial charge in [0.2, 0.25) is 0 Å². The molecule has 0 bridgehead atoms. The van der Waals surface area contributed by atoms with Crippen LogP contribution in [0.15, 0.2) is 24.3 Å². The molecule has 0 radical (unpaired) electrons. The Balaban J connectivity index is 2.05. The predicted octanol–water partition coefficient (Wildman–Crippen LogP) is 0.382. The van der Waals surface area contributed by atoms with Crippen LogP contribution >= 0.6 is 0 Å². The largest absolute Gasteiger partial charge is 0.326 e. The van der Waals surface area contributed by atoms with E-state index in [1.165, 1.54) is 4.90 Å². The van der Waals surface area contributed by atoms with E-state index in [2.05, 4.69) is 0 Å². The fourth-order valence-corrected chi connectivity index (χ4v) is 2.01. The second-order valence-corrected chi connectivity index (χ2v) is 3.99. The average molecular weight is 202 g/mol. The van der Waals surface area contributed by atoms with Crippen LogP contribution in [0.5, 0.6) is 0 Å². The number of amides is 2. The van der Waals surface area contributed by atoms with Crippen molar-refractivity contribution < 1.29 is 9.59 Å². The van der Waals surface area contributed by atoms with Gasteiger partial charge in [-0.1, -0.05) is 12.1 Å². The molecule has 1 aliphatic carbocycles. The van der Waals surface area contributed by atoms with Gasteiger partial charge in [-0.3, -0.25) is 14.5 Å². The number of benzene rings is 1. The smallest absolute Gasteiger partial charge is 0.261 e. The number of nitrogens with zero attached hydrogens (tertiary/aromatic N) is 1. The maximum atomic E-state index is 11.9. The summed E-state index contributed by atoms with van der Waals surface area (Å²) in [6, 6.07) is 6.78. The summed E-state index contributed by atoms with van der Waals surface area (Å²) in [6.07, 6.45) is 0.728. The number of imide groups is 1. The Morgan fingerprint density at radius 3 is 2.00 bits per heavy atom. The molecule has 0 aromatic heterocycles. The van der Waals surface area contributed by atoms with Crippen molar-refractivity contribution in [2.24, 2.45) is 5.73 Å². The van der Waals surface area contributed by atoms with Crippen LogP contribution in [0.1, 0.15) is 27.1 Å². The van der Waals surface area contributed by atoms with E-state index in [1.54, 1.807) is 24.3 Å². The second-order valence-electron chi connectivity index (χ2n) is 3.99. The molecule has 2 N–H and O–H groups in total. The maximum Gasteiger partial charge on any atom is 0.261 e. The molecule has 4 nitrogen and oxygen atoms in total. The standard InChI is InChI=1S/C11H10N2O2/c12-8-5-9(8)13-10(14)6-3-1-2-4-7(6)11(13)15/h1-4,8-9H,5,12H2. The highest BCUT2D eigenvalue weighted by Crippen LogP contribution is 2.33. The fraction of sp³-hybridized carbons (Fsp3) is 0.273. The molecule has 4 heteroatoms. The molecule has 76 valence electrons. The van der Waals surface area contributed by atoms with Gasteiger partial charge in [0.25, 0.3) is 11.8 Å². The molecule has 1 aromatic rings. The third kappa shape index (κ3) is 1.05. The molecule has 0 saturated heterocycles. The van der Waals surface area contributed by atoms with Crippen molar-refractivity contribution in [2.45, 2.75) is 18.5 Å². The minimum atomic E-state index is -0.200. The average Bonchev–Trinajstić information content (AvgIpc) is 2.89. The second kappa shape index (κ2) is 2.67. The van der Waals surface area contributed by atoms with Crippen molar-refractivity contribution in [3.05, 3.63) is 35.4 Å². The van der Waals surface area contributed by atoms with E-state index in [1.807, 2.05) is 0 Å². The molecule has 2 atom stereocenters. The first-order chi connectivity index (χ1) is 7.20. The van der Waals surface area contributed by atoms with Crippen LogP contribution in [0.25, 0.3) is 0 Å². The van der Waals surface area contributed by atoms with Crippen LogP contribution < -0.4 is 5.73 Å². The lowest BCUT2D eigenvalue weighted by Crippen LogP contribution is -2.35. The summed E-state index contributed by atoms with van der Waals surface area (Å²) in [5.41, 5.74) is 6.66. The highest BCUT2D eigenvalue weighted by Gasteiger charge is 2.49. The van der Waals surface area contributed by atoms with Crippen molar-refractivity contribution in [3.63, 3.8) is 0 Å². The monoisotopic (exact) mass is 202 g/mol. The number of hydrogen-bond donors (Lipinski definition) is 1. The SMILES string of the molecule is NC1CC1N1C(=O)c2ccccc2C1=O. The molecule has 0 spiro atoms.